The summed E-state index contributed by atoms with van der Waals surface area (Å²) >= 11 is 0. The van der Waals surface area contributed by atoms with Gasteiger partial charge in [0.25, 0.3) is 0 Å². The van der Waals surface area contributed by atoms with Crippen molar-refractivity contribution in [3.8, 4) is 0 Å². The Morgan fingerprint density at radius 3 is 2.52 bits per heavy atom. The van der Waals surface area contributed by atoms with Crippen molar-refractivity contribution in [3.63, 3.8) is 0 Å². The first kappa shape index (κ1) is 17.1. The quantitative estimate of drug-likeness (QED) is 0.802. The maximum Gasteiger partial charge on any atom is 0.140 e. The molecule has 0 atom stereocenters. The number of hydrogen-bond acceptors (Lipinski definition) is 7. The van der Waals surface area contributed by atoms with E-state index in [-0.39, 0.29) is 0 Å². The van der Waals surface area contributed by atoms with E-state index in [1.165, 1.54) is 18.5 Å². The smallest absolute Gasteiger partial charge is 0.140 e. The van der Waals surface area contributed by atoms with Crippen LogP contribution >= 0.6 is 0 Å². The maximum atomic E-state index is 5.48. The van der Waals surface area contributed by atoms with Gasteiger partial charge in [-0.25, -0.2) is 9.97 Å². The molecule has 0 aromatic carbocycles. The van der Waals surface area contributed by atoms with Crippen LogP contribution in [0, 0.1) is 0 Å². The summed E-state index contributed by atoms with van der Waals surface area (Å²) in [6.45, 7) is 6.56. The Hall–Kier alpha value is -1.99. The summed E-state index contributed by atoms with van der Waals surface area (Å²) in [5.41, 5.74) is 2.23. The van der Waals surface area contributed by atoms with Crippen molar-refractivity contribution in [1.29, 1.82) is 0 Å². The Labute approximate surface area is 159 Å². The Morgan fingerprint density at radius 2 is 1.74 bits per heavy atom. The Bertz CT molecular complexity index is 761. The van der Waals surface area contributed by atoms with Gasteiger partial charge >= 0.3 is 0 Å². The Balaban J connectivity index is 1.17. The second-order valence-corrected chi connectivity index (χ2v) is 7.95. The third-order valence-electron chi connectivity index (χ3n) is 5.95. The third kappa shape index (κ3) is 3.99. The average Bonchev–Trinajstić information content (AvgIpc) is 3.49. The Morgan fingerprint density at radius 1 is 0.926 bits per heavy atom. The molecule has 2 aliphatic heterocycles. The number of aromatic nitrogens is 3. The van der Waals surface area contributed by atoms with Crippen LogP contribution in [-0.2, 0) is 11.3 Å². The first-order chi connectivity index (χ1) is 13.3. The number of nitrogens with zero attached hydrogens (tertiary/aromatic N) is 5. The highest BCUT2D eigenvalue weighted by molar-refractivity contribution is 5.40. The van der Waals surface area contributed by atoms with Gasteiger partial charge in [-0.3, -0.25) is 4.90 Å². The second-order valence-electron chi connectivity index (χ2n) is 7.95. The summed E-state index contributed by atoms with van der Waals surface area (Å²) in [6.07, 6.45) is 6.35. The molecule has 1 saturated carbocycles. The molecular weight excluding hydrogens is 342 g/mol. The van der Waals surface area contributed by atoms with E-state index in [4.69, 9.17) is 9.26 Å². The molecule has 0 amide bonds. The van der Waals surface area contributed by atoms with Gasteiger partial charge in [0, 0.05) is 75.6 Å². The van der Waals surface area contributed by atoms with Crippen LogP contribution in [0.5, 0.6) is 0 Å². The SMILES string of the molecule is c1nc(C2CCOCC2)cc(N2CCN(Cc3cc(C4CC4)on3)CC2)n1. The fraction of sp³-hybridized carbons (Fsp3) is 0.650. The molecule has 2 aromatic rings. The molecule has 2 aromatic heterocycles. The van der Waals surface area contributed by atoms with E-state index in [1.807, 2.05) is 0 Å². The van der Waals surface area contributed by atoms with Crippen LogP contribution in [0.15, 0.2) is 23.0 Å². The topological polar surface area (TPSA) is 67.5 Å². The number of piperazine rings is 1. The monoisotopic (exact) mass is 369 g/mol. The van der Waals surface area contributed by atoms with E-state index in [0.29, 0.717) is 11.8 Å². The molecule has 0 radical (unpaired) electrons. The van der Waals surface area contributed by atoms with Crippen molar-refractivity contribution in [3.05, 3.63) is 35.6 Å². The highest BCUT2D eigenvalue weighted by Crippen LogP contribution is 2.40. The molecule has 3 fully saturated rings. The van der Waals surface area contributed by atoms with Gasteiger partial charge in [0.05, 0.1) is 5.69 Å². The third-order valence-corrected chi connectivity index (χ3v) is 5.95. The van der Waals surface area contributed by atoms with Crippen molar-refractivity contribution in [2.45, 2.75) is 44.1 Å². The van der Waals surface area contributed by atoms with Gasteiger partial charge in [-0.2, -0.15) is 0 Å². The van der Waals surface area contributed by atoms with E-state index in [2.05, 4.69) is 37.1 Å². The summed E-state index contributed by atoms with van der Waals surface area (Å²) in [6, 6.07) is 4.33. The van der Waals surface area contributed by atoms with Gasteiger partial charge in [-0.1, -0.05) is 5.16 Å². The molecule has 144 valence electrons. The molecule has 5 rings (SSSR count). The molecule has 27 heavy (non-hydrogen) atoms. The van der Waals surface area contributed by atoms with Crippen LogP contribution in [0.4, 0.5) is 5.82 Å². The Kier molecular flexibility index (Phi) is 4.80. The van der Waals surface area contributed by atoms with Crippen molar-refractivity contribution in [1.82, 2.24) is 20.0 Å². The highest BCUT2D eigenvalue weighted by Gasteiger charge is 2.28. The van der Waals surface area contributed by atoms with Crippen molar-refractivity contribution >= 4 is 5.82 Å². The highest BCUT2D eigenvalue weighted by atomic mass is 16.5. The number of rotatable bonds is 5. The van der Waals surface area contributed by atoms with Crippen LogP contribution in [0.1, 0.15) is 54.7 Å². The van der Waals surface area contributed by atoms with E-state index < -0.39 is 0 Å². The molecule has 3 aliphatic rings. The van der Waals surface area contributed by atoms with E-state index in [9.17, 15) is 0 Å². The second kappa shape index (κ2) is 7.56. The summed E-state index contributed by atoms with van der Waals surface area (Å²) in [7, 11) is 0. The van der Waals surface area contributed by atoms with E-state index in [1.54, 1.807) is 6.33 Å². The fourth-order valence-corrected chi connectivity index (χ4v) is 4.08. The number of hydrogen-bond donors (Lipinski definition) is 0. The lowest BCUT2D eigenvalue weighted by molar-refractivity contribution is 0.0845. The molecule has 0 N–H and O–H groups in total. The van der Waals surface area contributed by atoms with Gasteiger partial charge in [-0.05, 0) is 25.7 Å². The zero-order chi connectivity index (χ0) is 18.1. The molecule has 4 heterocycles. The molecule has 0 bridgehead atoms. The molecular formula is C20H27N5O2. The van der Waals surface area contributed by atoms with Crippen molar-refractivity contribution < 1.29 is 9.26 Å². The van der Waals surface area contributed by atoms with Gasteiger partial charge in [-0.15, -0.1) is 0 Å². The molecule has 1 aliphatic carbocycles. The number of ether oxygens (including phenoxy) is 1. The lowest BCUT2D eigenvalue weighted by Crippen LogP contribution is -2.46. The first-order valence-electron chi connectivity index (χ1n) is 10.2. The standard InChI is InChI=1S/C20H27N5O2/c1-2-16(1)19-11-17(23-27-19)13-24-5-7-25(8-6-24)20-12-18(21-14-22-20)15-3-9-26-10-4-15/h11-12,14-16H,1-10,13H2. The molecule has 0 unspecified atom stereocenters. The van der Waals surface area contributed by atoms with Crippen LogP contribution in [0.25, 0.3) is 0 Å². The summed E-state index contributed by atoms with van der Waals surface area (Å²) in [5.74, 6) is 3.27. The predicted molar refractivity (Wildman–Crippen MR) is 101 cm³/mol. The van der Waals surface area contributed by atoms with E-state index >= 15 is 0 Å². The molecule has 7 heteroatoms. The summed E-state index contributed by atoms with van der Waals surface area (Å²) in [5, 5.41) is 4.25. The predicted octanol–water partition coefficient (Wildman–Crippen LogP) is 2.56. The minimum atomic E-state index is 0.509. The largest absolute Gasteiger partial charge is 0.381 e. The molecule has 0 spiro atoms. The van der Waals surface area contributed by atoms with Gasteiger partial charge in [0.2, 0.25) is 0 Å². The van der Waals surface area contributed by atoms with Crippen LogP contribution in [-0.4, -0.2) is 59.4 Å². The van der Waals surface area contributed by atoms with Gasteiger partial charge < -0.3 is 14.2 Å². The normalized spacial score (nSPS) is 22.3. The number of anilines is 1. The molecule has 7 nitrogen and oxygen atoms in total. The first-order valence-corrected chi connectivity index (χ1v) is 10.2. The van der Waals surface area contributed by atoms with E-state index in [0.717, 1.165) is 76.1 Å². The molecule has 2 saturated heterocycles. The van der Waals surface area contributed by atoms with Gasteiger partial charge in [0.1, 0.15) is 17.9 Å². The zero-order valence-electron chi connectivity index (χ0n) is 15.7. The maximum absolute atomic E-state index is 5.48. The minimum Gasteiger partial charge on any atom is -0.381 e. The van der Waals surface area contributed by atoms with Gasteiger partial charge in [0.15, 0.2) is 0 Å². The lowest BCUT2D eigenvalue weighted by atomic mass is 9.96. The minimum absolute atomic E-state index is 0.509. The van der Waals surface area contributed by atoms with Crippen LogP contribution in [0.3, 0.4) is 0 Å². The lowest BCUT2D eigenvalue weighted by Gasteiger charge is -2.35. The van der Waals surface area contributed by atoms with Crippen molar-refractivity contribution in [2.75, 3.05) is 44.3 Å². The van der Waals surface area contributed by atoms with Crippen LogP contribution < -0.4 is 4.90 Å². The van der Waals surface area contributed by atoms with Crippen LogP contribution in [0.2, 0.25) is 0 Å². The fourth-order valence-electron chi connectivity index (χ4n) is 4.08. The van der Waals surface area contributed by atoms with Crippen molar-refractivity contribution in [2.24, 2.45) is 0 Å². The average molecular weight is 369 g/mol. The summed E-state index contributed by atoms with van der Waals surface area (Å²) < 4.78 is 11.0. The summed E-state index contributed by atoms with van der Waals surface area (Å²) in [4.78, 5) is 13.9. The zero-order valence-corrected chi connectivity index (χ0v) is 15.7.